The summed E-state index contributed by atoms with van der Waals surface area (Å²) >= 11 is 0. The van der Waals surface area contributed by atoms with Crippen LogP contribution in [-0.2, 0) is 33.7 Å². The Labute approximate surface area is 221 Å². The van der Waals surface area contributed by atoms with Crippen molar-refractivity contribution >= 4 is 17.8 Å². The molecular formula is C28H32N4O6. The Bertz CT molecular complexity index is 1190. The Morgan fingerprint density at radius 1 is 0.921 bits per heavy atom. The topological polar surface area (TPSA) is 134 Å². The van der Waals surface area contributed by atoms with Crippen LogP contribution in [0.4, 0.5) is 0 Å². The van der Waals surface area contributed by atoms with E-state index in [-0.39, 0.29) is 18.5 Å². The summed E-state index contributed by atoms with van der Waals surface area (Å²) in [5.41, 5.74) is 1.83. The number of nitrogens with one attached hydrogen (secondary N) is 2. The van der Waals surface area contributed by atoms with Gasteiger partial charge in [0.2, 0.25) is 5.91 Å². The van der Waals surface area contributed by atoms with E-state index in [1.807, 2.05) is 48.5 Å². The Hall–Kier alpha value is -4.02. The van der Waals surface area contributed by atoms with Crippen LogP contribution < -0.4 is 10.6 Å². The molecule has 3 aromatic rings. The lowest BCUT2D eigenvalue weighted by atomic mass is 10.0. The zero-order valence-electron chi connectivity index (χ0n) is 21.0. The molecule has 2 heterocycles. The van der Waals surface area contributed by atoms with Crippen molar-refractivity contribution in [3.05, 3.63) is 89.3 Å². The number of hydrogen-bond donors (Lipinski definition) is 3. The maximum Gasteiger partial charge on any atom is 0.326 e. The van der Waals surface area contributed by atoms with E-state index < -0.39 is 29.9 Å². The molecule has 0 bridgehead atoms. The average molecular weight is 521 g/mol. The molecule has 1 aliphatic heterocycles. The second-order valence-electron chi connectivity index (χ2n) is 9.21. The first-order valence-electron chi connectivity index (χ1n) is 12.7. The average Bonchev–Trinajstić information content (AvgIpc) is 3.40. The molecule has 2 aromatic carbocycles. The van der Waals surface area contributed by atoms with E-state index in [1.54, 1.807) is 18.2 Å². The van der Waals surface area contributed by atoms with Gasteiger partial charge in [0.15, 0.2) is 11.5 Å². The van der Waals surface area contributed by atoms with Crippen LogP contribution in [0.5, 0.6) is 0 Å². The van der Waals surface area contributed by atoms with Crippen molar-refractivity contribution < 1.29 is 28.8 Å². The summed E-state index contributed by atoms with van der Waals surface area (Å²) in [5.74, 6) is -1.75. The van der Waals surface area contributed by atoms with Crippen molar-refractivity contribution in [1.29, 1.82) is 0 Å². The number of carboxylic acids is 1. The molecule has 0 spiro atoms. The number of carbonyl (C=O) groups is 3. The molecule has 200 valence electrons. The van der Waals surface area contributed by atoms with Crippen LogP contribution in [0.3, 0.4) is 0 Å². The van der Waals surface area contributed by atoms with Gasteiger partial charge in [0.1, 0.15) is 12.1 Å². The van der Waals surface area contributed by atoms with Gasteiger partial charge in [0.05, 0.1) is 19.8 Å². The third-order valence-corrected chi connectivity index (χ3v) is 6.36. The fourth-order valence-electron chi connectivity index (χ4n) is 4.25. The first kappa shape index (κ1) is 27.0. The van der Waals surface area contributed by atoms with E-state index in [4.69, 9.17) is 9.26 Å². The highest BCUT2D eigenvalue weighted by Crippen LogP contribution is 2.12. The summed E-state index contributed by atoms with van der Waals surface area (Å²) in [5, 5.41) is 19.0. The highest BCUT2D eigenvalue weighted by atomic mass is 16.5. The normalized spacial score (nSPS) is 15.4. The number of aryl methyl sites for hydroxylation is 1. The van der Waals surface area contributed by atoms with E-state index >= 15 is 0 Å². The number of aromatic nitrogens is 1. The van der Waals surface area contributed by atoms with E-state index in [2.05, 4.69) is 20.7 Å². The zero-order chi connectivity index (χ0) is 26.7. The third kappa shape index (κ3) is 7.99. The summed E-state index contributed by atoms with van der Waals surface area (Å²) in [6.07, 6.45) is 0.907. The van der Waals surface area contributed by atoms with Gasteiger partial charge in [-0.2, -0.15) is 0 Å². The van der Waals surface area contributed by atoms with Gasteiger partial charge in [-0.05, 0) is 24.0 Å². The number of nitrogens with zero attached hydrogens (tertiary/aromatic N) is 2. The van der Waals surface area contributed by atoms with E-state index in [1.165, 1.54) is 0 Å². The van der Waals surface area contributed by atoms with Gasteiger partial charge in [0.25, 0.3) is 5.91 Å². The molecule has 4 rings (SSSR count). The van der Waals surface area contributed by atoms with Crippen molar-refractivity contribution in [3.63, 3.8) is 0 Å². The number of ether oxygens (including phenoxy) is 1. The lowest BCUT2D eigenvalue weighted by molar-refractivity contribution is -0.142. The highest BCUT2D eigenvalue weighted by Gasteiger charge is 2.28. The maximum absolute atomic E-state index is 13.3. The second kappa shape index (κ2) is 13.5. The number of morpholine rings is 1. The van der Waals surface area contributed by atoms with Crippen LogP contribution >= 0.6 is 0 Å². The molecule has 10 nitrogen and oxygen atoms in total. The monoisotopic (exact) mass is 520 g/mol. The molecule has 0 saturated carbocycles. The molecule has 3 N–H and O–H groups in total. The van der Waals surface area contributed by atoms with Crippen LogP contribution in [0.15, 0.2) is 71.3 Å². The summed E-state index contributed by atoms with van der Waals surface area (Å²) in [4.78, 5) is 40.3. The fraction of sp³-hybridized carbons (Fsp3) is 0.357. The van der Waals surface area contributed by atoms with Crippen LogP contribution in [0.1, 0.15) is 33.8 Å². The molecule has 0 radical (unpaired) electrons. The van der Waals surface area contributed by atoms with Crippen LogP contribution in [0.25, 0.3) is 0 Å². The molecule has 38 heavy (non-hydrogen) atoms. The van der Waals surface area contributed by atoms with Crippen molar-refractivity contribution in [3.8, 4) is 0 Å². The molecule has 1 aliphatic rings. The molecule has 1 saturated heterocycles. The quantitative estimate of drug-likeness (QED) is 0.330. The number of amides is 2. The van der Waals surface area contributed by atoms with Crippen molar-refractivity contribution in [2.75, 3.05) is 26.3 Å². The molecule has 0 unspecified atom stereocenters. The van der Waals surface area contributed by atoms with E-state index in [0.29, 0.717) is 31.9 Å². The fourth-order valence-corrected chi connectivity index (χ4v) is 4.25. The minimum atomic E-state index is -1.15. The standard InChI is InChI=1S/C28H32N4O6/c33-26(30-25(28(35)36)17-21-9-5-2-6-10-21)23(12-11-20-7-3-1-4-8-20)29-27(34)24-18-22(38-31-24)19-32-13-15-37-16-14-32/h1-10,18,23,25H,11-17,19H2,(H,29,34)(H,30,33)(H,35,36)/t23-,25-/m0/s1. The van der Waals surface area contributed by atoms with Crippen molar-refractivity contribution in [2.24, 2.45) is 0 Å². The van der Waals surface area contributed by atoms with E-state index in [9.17, 15) is 19.5 Å². The SMILES string of the molecule is O=C(N[C@@H](CCc1ccccc1)C(=O)N[C@@H](Cc1ccccc1)C(=O)O)c1cc(CN2CCOCC2)on1. The van der Waals surface area contributed by atoms with Crippen LogP contribution in [0, 0.1) is 0 Å². The van der Waals surface area contributed by atoms with Crippen LogP contribution in [-0.4, -0.2) is 71.3 Å². The van der Waals surface area contributed by atoms with Crippen molar-refractivity contribution in [1.82, 2.24) is 20.7 Å². The minimum Gasteiger partial charge on any atom is -0.480 e. The molecule has 1 aromatic heterocycles. The lowest BCUT2D eigenvalue weighted by Gasteiger charge is -2.25. The summed E-state index contributed by atoms with van der Waals surface area (Å²) in [6, 6.07) is 18.1. The number of rotatable bonds is 12. The van der Waals surface area contributed by atoms with Crippen LogP contribution in [0.2, 0.25) is 0 Å². The third-order valence-electron chi connectivity index (χ3n) is 6.36. The molecule has 0 aliphatic carbocycles. The molecular weight excluding hydrogens is 488 g/mol. The number of carboxylic acid groups (broad SMARTS) is 1. The summed E-state index contributed by atoms with van der Waals surface area (Å²) < 4.78 is 10.7. The number of hydrogen-bond acceptors (Lipinski definition) is 7. The first-order valence-corrected chi connectivity index (χ1v) is 12.7. The number of benzene rings is 2. The highest BCUT2D eigenvalue weighted by molar-refractivity contribution is 5.96. The predicted octanol–water partition coefficient (Wildman–Crippen LogP) is 2.05. The van der Waals surface area contributed by atoms with Gasteiger partial charge in [-0.15, -0.1) is 0 Å². The Morgan fingerprint density at radius 2 is 1.58 bits per heavy atom. The zero-order valence-corrected chi connectivity index (χ0v) is 21.0. The molecule has 2 amide bonds. The predicted molar refractivity (Wildman–Crippen MR) is 138 cm³/mol. The van der Waals surface area contributed by atoms with Gasteiger partial charge < -0.3 is 25.0 Å². The number of carbonyl (C=O) groups excluding carboxylic acids is 2. The molecule has 2 atom stereocenters. The Morgan fingerprint density at radius 3 is 2.24 bits per heavy atom. The second-order valence-corrected chi connectivity index (χ2v) is 9.21. The Kier molecular flexibility index (Phi) is 9.60. The minimum absolute atomic E-state index is 0.0600. The molecule has 1 fully saturated rings. The smallest absolute Gasteiger partial charge is 0.326 e. The summed E-state index contributed by atoms with van der Waals surface area (Å²) in [7, 11) is 0. The van der Waals surface area contributed by atoms with Gasteiger partial charge in [0, 0.05) is 25.6 Å². The number of aliphatic carboxylic acids is 1. The van der Waals surface area contributed by atoms with Gasteiger partial charge >= 0.3 is 5.97 Å². The summed E-state index contributed by atoms with van der Waals surface area (Å²) in [6.45, 7) is 3.30. The lowest BCUT2D eigenvalue weighted by Crippen LogP contribution is -2.52. The van der Waals surface area contributed by atoms with Gasteiger partial charge in [-0.25, -0.2) is 4.79 Å². The van der Waals surface area contributed by atoms with E-state index in [0.717, 1.165) is 24.2 Å². The van der Waals surface area contributed by atoms with Gasteiger partial charge in [-0.1, -0.05) is 65.8 Å². The first-order chi connectivity index (χ1) is 18.5. The molecule has 10 heteroatoms. The largest absolute Gasteiger partial charge is 0.480 e. The maximum atomic E-state index is 13.3. The van der Waals surface area contributed by atoms with Crippen molar-refractivity contribution in [2.45, 2.75) is 37.9 Å². The van der Waals surface area contributed by atoms with Gasteiger partial charge in [-0.3, -0.25) is 14.5 Å². The Balaban J connectivity index is 1.43.